The molecule has 2 aliphatic rings. The van der Waals surface area contributed by atoms with Gasteiger partial charge in [-0.25, -0.2) is 0 Å². The second kappa shape index (κ2) is 7.75. The number of nitrogens with zero attached hydrogens (tertiary/aromatic N) is 2. The minimum atomic E-state index is -0.792. The standard InChI is InChI=1S/C15H27N3O3/c1-12(15(20)21)17-7-9-18(10-8-17)14(19)5-4-13-3-2-6-16-11-13/h12-13,16H,2-11H2,1H3,(H,20,21). The molecule has 2 atom stereocenters. The summed E-state index contributed by atoms with van der Waals surface area (Å²) in [5, 5.41) is 12.4. The third kappa shape index (κ3) is 4.68. The minimum Gasteiger partial charge on any atom is -0.480 e. The van der Waals surface area contributed by atoms with E-state index in [0.717, 1.165) is 19.5 Å². The highest BCUT2D eigenvalue weighted by Gasteiger charge is 2.27. The summed E-state index contributed by atoms with van der Waals surface area (Å²) in [5.41, 5.74) is 0. The van der Waals surface area contributed by atoms with Gasteiger partial charge in [0.15, 0.2) is 0 Å². The quantitative estimate of drug-likeness (QED) is 0.768. The Hall–Kier alpha value is -1.14. The highest BCUT2D eigenvalue weighted by atomic mass is 16.4. The van der Waals surface area contributed by atoms with Gasteiger partial charge in [0.05, 0.1) is 0 Å². The molecule has 2 aliphatic heterocycles. The lowest BCUT2D eigenvalue weighted by molar-refractivity contribution is -0.144. The van der Waals surface area contributed by atoms with Crippen molar-refractivity contribution in [3.05, 3.63) is 0 Å². The Bertz CT molecular complexity index is 361. The Labute approximate surface area is 126 Å². The summed E-state index contributed by atoms with van der Waals surface area (Å²) in [6, 6.07) is -0.462. The summed E-state index contributed by atoms with van der Waals surface area (Å²) in [4.78, 5) is 27.0. The number of hydrogen-bond acceptors (Lipinski definition) is 4. The van der Waals surface area contributed by atoms with Crippen molar-refractivity contribution in [3.63, 3.8) is 0 Å². The number of aliphatic carboxylic acids is 1. The van der Waals surface area contributed by atoms with Crippen LogP contribution < -0.4 is 5.32 Å². The van der Waals surface area contributed by atoms with Crippen LogP contribution in [0.5, 0.6) is 0 Å². The van der Waals surface area contributed by atoms with Gasteiger partial charge in [-0.15, -0.1) is 0 Å². The third-order valence-corrected chi connectivity index (χ3v) is 4.74. The Balaban J connectivity index is 1.69. The first-order valence-electron chi connectivity index (χ1n) is 8.03. The van der Waals surface area contributed by atoms with E-state index in [1.807, 2.05) is 9.80 Å². The molecule has 0 saturated carbocycles. The molecule has 0 aliphatic carbocycles. The molecule has 21 heavy (non-hydrogen) atoms. The summed E-state index contributed by atoms with van der Waals surface area (Å²) in [6.07, 6.45) is 4.03. The third-order valence-electron chi connectivity index (χ3n) is 4.74. The zero-order valence-corrected chi connectivity index (χ0v) is 12.9. The number of nitrogens with one attached hydrogen (secondary N) is 1. The lowest BCUT2D eigenvalue weighted by Gasteiger charge is -2.36. The molecular weight excluding hydrogens is 270 g/mol. The van der Waals surface area contributed by atoms with Gasteiger partial charge in [0.1, 0.15) is 6.04 Å². The average Bonchev–Trinajstić information content (AvgIpc) is 2.53. The van der Waals surface area contributed by atoms with Crippen LogP contribution in [-0.4, -0.2) is 72.1 Å². The van der Waals surface area contributed by atoms with Crippen molar-refractivity contribution in [2.45, 2.75) is 38.6 Å². The van der Waals surface area contributed by atoms with Crippen molar-refractivity contribution in [1.29, 1.82) is 0 Å². The van der Waals surface area contributed by atoms with Crippen molar-refractivity contribution in [2.24, 2.45) is 5.92 Å². The zero-order valence-electron chi connectivity index (χ0n) is 12.9. The number of carboxylic acid groups (broad SMARTS) is 1. The molecule has 6 heteroatoms. The molecule has 0 aromatic heterocycles. The molecule has 2 N–H and O–H groups in total. The minimum absolute atomic E-state index is 0.225. The summed E-state index contributed by atoms with van der Waals surface area (Å²) < 4.78 is 0. The average molecular weight is 297 g/mol. The summed E-state index contributed by atoms with van der Waals surface area (Å²) in [6.45, 7) is 6.47. The number of piperazine rings is 1. The molecule has 0 spiro atoms. The Morgan fingerprint density at radius 2 is 2.00 bits per heavy atom. The molecule has 2 rings (SSSR count). The van der Waals surface area contributed by atoms with Crippen LogP contribution >= 0.6 is 0 Å². The molecule has 0 aromatic rings. The summed E-state index contributed by atoms with van der Waals surface area (Å²) in [5.74, 6) is 0.0683. The van der Waals surface area contributed by atoms with Gasteiger partial charge in [-0.2, -0.15) is 0 Å². The molecule has 2 fully saturated rings. The second-order valence-corrected chi connectivity index (χ2v) is 6.18. The van der Waals surface area contributed by atoms with E-state index in [1.54, 1.807) is 6.92 Å². The normalized spacial score (nSPS) is 25.6. The lowest BCUT2D eigenvalue weighted by atomic mass is 9.94. The topological polar surface area (TPSA) is 72.9 Å². The highest BCUT2D eigenvalue weighted by Crippen LogP contribution is 2.17. The van der Waals surface area contributed by atoms with Crippen LogP contribution in [-0.2, 0) is 9.59 Å². The number of piperidine rings is 1. The van der Waals surface area contributed by atoms with Crippen LogP contribution in [0.15, 0.2) is 0 Å². The van der Waals surface area contributed by atoms with Gasteiger partial charge in [0.2, 0.25) is 5.91 Å². The van der Waals surface area contributed by atoms with Crippen LogP contribution in [0.4, 0.5) is 0 Å². The summed E-state index contributed by atoms with van der Waals surface area (Å²) >= 11 is 0. The number of amides is 1. The second-order valence-electron chi connectivity index (χ2n) is 6.18. The first kappa shape index (κ1) is 16.2. The van der Waals surface area contributed by atoms with Crippen molar-refractivity contribution in [3.8, 4) is 0 Å². The van der Waals surface area contributed by atoms with Crippen molar-refractivity contribution < 1.29 is 14.7 Å². The monoisotopic (exact) mass is 297 g/mol. The van der Waals surface area contributed by atoms with Crippen molar-refractivity contribution >= 4 is 11.9 Å². The van der Waals surface area contributed by atoms with Gasteiger partial charge in [-0.05, 0) is 45.2 Å². The Morgan fingerprint density at radius 1 is 1.29 bits per heavy atom. The lowest BCUT2D eigenvalue weighted by Crippen LogP contribution is -2.53. The predicted octanol–water partition coefficient (Wildman–Crippen LogP) is 0.384. The predicted molar refractivity (Wildman–Crippen MR) is 80.1 cm³/mol. The molecule has 0 radical (unpaired) electrons. The molecule has 0 bridgehead atoms. The van der Waals surface area contributed by atoms with Gasteiger partial charge in [-0.3, -0.25) is 14.5 Å². The fourth-order valence-corrected chi connectivity index (χ4v) is 3.17. The maximum absolute atomic E-state index is 12.2. The van der Waals surface area contributed by atoms with E-state index in [1.165, 1.54) is 12.8 Å². The first-order chi connectivity index (χ1) is 10.1. The first-order valence-corrected chi connectivity index (χ1v) is 8.03. The maximum atomic E-state index is 12.2. The number of rotatable bonds is 5. The highest BCUT2D eigenvalue weighted by molar-refractivity contribution is 5.76. The van der Waals surface area contributed by atoms with Gasteiger partial charge in [-0.1, -0.05) is 0 Å². The van der Waals surface area contributed by atoms with Crippen LogP contribution in [0.3, 0.4) is 0 Å². The fourth-order valence-electron chi connectivity index (χ4n) is 3.17. The van der Waals surface area contributed by atoms with E-state index in [9.17, 15) is 9.59 Å². The van der Waals surface area contributed by atoms with Gasteiger partial charge in [0.25, 0.3) is 0 Å². The molecule has 6 nitrogen and oxygen atoms in total. The van der Waals surface area contributed by atoms with E-state index < -0.39 is 12.0 Å². The molecule has 0 aromatic carbocycles. The Morgan fingerprint density at radius 3 is 2.57 bits per heavy atom. The maximum Gasteiger partial charge on any atom is 0.320 e. The fraction of sp³-hybridized carbons (Fsp3) is 0.867. The molecule has 120 valence electrons. The number of carbonyl (C=O) groups is 2. The van der Waals surface area contributed by atoms with Gasteiger partial charge >= 0.3 is 5.97 Å². The molecular formula is C15H27N3O3. The van der Waals surface area contributed by atoms with Crippen molar-refractivity contribution in [1.82, 2.24) is 15.1 Å². The van der Waals surface area contributed by atoms with Gasteiger partial charge < -0.3 is 15.3 Å². The smallest absolute Gasteiger partial charge is 0.320 e. The van der Waals surface area contributed by atoms with Gasteiger partial charge in [0, 0.05) is 32.6 Å². The van der Waals surface area contributed by atoms with Crippen LogP contribution in [0.1, 0.15) is 32.6 Å². The largest absolute Gasteiger partial charge is 0.480 e. The number of carboxylic acids is 1. The SMILES string of the molecule is CC(C(=O)O)N1CCN(C(=O)CCC2CCCNC2)CC1. The number of hydrogen-bond donors (Lipinski definition) is 2. The molecule has 2 unspecified atom stereocenters. The zero-order chi connectivity index (χ0) is 15.2. The van der Waals surface area contributed by atoms with Crippen molar-refractivity contribution in [2.75, 3.05) is 39.3 Å². The van der Waals surface area contributed by atoms with Crippen LogP contribution in [0, 0.1) is 5.92 Å². The molecule has 2 heterocycles. The van der Waals surface area contributed by atoms with Crippen LogP contribution in [0.2, 0.25) is 0 Å². The van der Waals surface area contributed by atoms with E-state index in [0.29, 0.717) is 38.5 Å². The molecule has 1 amide bonds. The molecule has 2 saturated heterocycles. The van der Waals surface area contributed by atoms with E-state index in [2.05, 4.69) is 5.32 Å². The Kier molecular flexibility index (Phi) is 5.99. The summed E-state index contributed by atoms with van der Waals surface area (Å²) in [7, 11) is 0. The van der Waals surface area contributed by atoms with E-state index >= 15 is 0 Å². The van der Waals surface area contributed by atoms with E-state index in [-0.39, 0.29) is 5.91 Å². The number of carbonyl (C=O) groups excluding carboxylic acids is 1. The van der Waals surface area contributed by atoms with E-state index in [4.69, 9.17) is 5.11 Å². The van der Waals surface area contributed by atoms with Crippen LogP contribution in [0.25, 0.3) is 0 Å².